The minimum absolute atomic E-state index is 0.191. The van der Waals surface area contributed by atoms with E-state index in [1.54, 1.807) is 0 Å². The van der Waals surface area contributed by atoms with Crippen molar-refractivity contribution in [2.45, 2.75) is 26.8 Å². The quantitative estimate of drug-likeness (QED) is 0.722. The first kappa shape index (κ1) is 10.9. The lowest BCUT2D eigenvalue weighted by molar-refractivity contribution is 0.654. The van der Waals surface area contributed by atoms with E-state index in [1.807, 2.05) is 30.2 Å². The van der Waals surface area contributed by atoms with Crippen LogP contribution in [0.5, 0.6) is 0 Å². The predicted molar refractivity (Wildman–Crippen MR) is 61.1 cm³/mol. The van der Waals surface area contributed by atoms with E-state index in [9.17, 15) is 4.79 Å². The van der Waals surface area contributed by atoms with Crippen molar-refractivity contribution >= 4 is 23.1 Å². The van der Waals surface area contributed by atoms with Crippen LogP contribution >= 0.6 is 23.1 Å². The molecule has 0 fully saturated rings. The monoisotopic (exact) mass is 217 g/mol. The van der Waals surface area contributed by atoms with Crippen molar-refractivity contribution < 1.29 is 0 Å². The smallest absolute Gasteiger partial charge is 0.303 e. The number of nitrogens with zero attached hydrogens (tertiary/aromatic N) is 1. The van der Waals surface area contributed by atoms with Crippen LogP contribution in [-0.4, -0.2) is 16.6 Å². The third-order valence-corrected chi connectivity index (χ3v) is 3.80. The third kappa shape index (κ3) is 2.61. The second-order valence-corrected chi connectivity index (χ2v) is 5.16. The van der Waals surface area contributed by atoms with E-state index in [0.29, 0.717) is 0 Å². The highest BCUT2D eigenvalue weighted by atomic mass is 32.2. The van der Waals surface area contributed by atoms with Gasteiger partial charge in [-0.3, -0.25) is 4.79 Å². The van der Waals surface area contributed by atoms with E-state index in [-0.39, 0.29) is 4.87 Å². The molecule has 0 atom stereocenters. The Balaban J connectivity index is 2.70. The van der Waals surface area contributed by atoms with E-state index in [2.05, 4.69) is 6.26 Å². The van der Waals surface area contributed by atoms with Gasteiger partial charge in [0.2, 0.25) is 0 Å². The molecule has 1 heterocycles. The summed E-state index contributed by atoms with van der Waals surface area (Å²) in [7, 11) is 0. The van der Waals surface area contributed by atoms with E-state index < -0.39 is 0 Å². The third-order valence-electron chi connectivity index (χ3n) is 2.11. The first-order valence-corrected chi connectivity index (χ1v) is 6.53. The van der Waals surface area contributed by atoms with Gasteiger partial charge in [0, 0.05) is 17.1 Å². The lowest BCUT2D eigenvalue weighted by Crippen LogP contribution is -2.14. The molecule has 0 aliphatic rings. The van der Waals surface area contributed by atoms with Gasteiger partial charge in [-0.05, 0) is 32.3 Å². The Kier molecular flexibility index (Phi) is 4.06. The number of aryl methyl sites for hydroxylation is 1. The van der Waals surface area contributed by atoms with Gasteiger partial charge in [-0.15, -0.1) is 0 Å². The molecule has 2 nitrogen and oxygen atoms in total. The summed E-state index contributed by atoms with van der Waals surface area (Å²) >= 11 is 3.18. The van der Waals surface area contributed by atoms with Crippen LogP contribution in [0.4, 0.5) is 0 Å². The van der Waals surface area contributed by atoms with Crippen LogP contribution < -0.4 is 4.87 Å². The Labute approximate surface area is 87.0 Å². The van der Waals surface area contributed by atoms with Crippen LogP contribution in [0, 0.1) is 13.8 Å². The summed E-state index contributed by atoms with van der Waals surface area (Å²) in [5, 5.41) is 0. The van der Waals surface area contributed by atoms with E-state index in [4.69, 9.17) is 0 Å². The van der Waals surface area contributed by atoms with Gasteiger partial charge in [0.25, 0.3) is 0 Å². The van der Waals surface area contributed by atoms with Crippen molar-refractivity contribution in [3.05, 3.63) is 20.2 Å². The molecule has 0 amide bonds. The minimum atomic E-state index is 0.191. The number of hydrogen-bond donors (Lipinski definition) is 0. The molecule has 0 aromatic carbocycles. The Hall–Kier alpha value is -0.220. The average Bonchev–Trinajstić information content (AvgIpc) is 2.32. The van der Waals surface area contributed by atoms with Gasteiger partial charge in [-0.1, -0.05) is 11.3 Å². The summed E-state index contributed by atoms with van der Waals surface area (Å²) in [5.41, 5.74) is 1.14. The highest BCUT2D eigenvalue weighted by Gasteiger charge is 2.05. The van der Waals surface area contributed by atoms with Gasteiger partial charge in [0.15, 0.2) is 0 Å². The topological polar surface area (TPSA) is 22.0 Å². The first-order chi connectivity index (χ1) is 6.16. The molecule has 0 saturated carbocycles. The van der Waals surface area contributed by atoms with Crippen LogP contribution in [0.3, 0.4) is 0 Å². The van der Waals surface area contributed by atoms with Crippen molar-refractivity contribution in [3.63, 3.8) is 0 Å². The van der Waals surface area contributed by atoms with Crippen LogP contribution in [0.1, 0.15) is 17.0 Å². The van der Waals surface area contributed by atoms with Crippen molar-refractivity contribution in [1.82, 2.24) is 4.57 Å². The summed E-state index contributed by atoms with van der Waals surface area (Å²) in [6.45, 7) is 4.90. The number of rotatable bonds is 4. The maximum Gasteiger partial charge on any atom is 0.307 e. The largest absolute Gasteiger partial charge is 0.307 e. The summed E-state index contributed by atoms with van der Waals surface area (Å²) < 4.78 is 1.89. The van der Waals surface area contributed by atoms with Crippen LogP contribution in [0.15, 0.2) is 4.79 Å². The fourth-order valence-corrected chi connectivity index (χ4v) is 2.49. The summed E-state index contributed by atoms with van der Waals surface area (Å²) in [6, 6.07) is 0. The van der Waals surface area contributed by atoms with E-state index in [0.717, 1.165) is 29.3 Å². The van der Waals surface area contributed by atoms with Gasteiger partial charge in [-0.2, -0.15) is 11.8 Å². The Morgan fingerprint density at radius 1 is 1.46 bits per heavy atom. The molecule has 0 saturated heterocycles. The summed E-state index contributed by atoms with van der Waals surface area (Å²) in [4.78, 5) is 12.8. The van der Waals surface area contributed by atoms with Crippen LogP contribution in [0.2, 0.25) is 0 Å². The molecule has 0 unspecified atom stereocenters. The number of hydrogen-bond acceptors (Lipinski definition) is 3. The van der Waals surface area contributed by atoms with Gasteiger partial charge in [0.1, 0.15) is 0 Å². The molecule has 1 aromatic heterocycles. The van der Waals surface area contributed by atoms with Crippen LogP contribution in [-0.2, 0) is 6.54 Å². The summed E-state index contributed by atoms with van der Waals surface area (Å²) in [6.07, 6.45) is 3.17. The molecular weight excluding hydrogens is 202 g/mol. The van der Waals surface area contributed by atoms with Crippen molar-refractivity contribution in [3.8, 4) is 0 Å². The molecular formula is C9H15NOS2. The van der Waals surface area contributed by atoms with Gasteiger partial charge in [0.05, 0.1) is 0 Å². The highest BCUT2D eigenvalue weighted by molar-refractivity contribution is 7.98. The SMILES string of the molecule is CSCCCn1c(C)c(C)sc1=O. The molecule has 13 heavy (non-hydrogen) atoms. The van der Waals surface area contributed by atoms with Crippen molar-refractivity contribution in [2.24, 2.45) is 0 Å². The molecule has 1 rings (SSSR count). The van der Waals surface area contributed by atoms with E-state index in [1.165, 1.54) is 11.3 Å². The van der Waals surface area contributed by atoms with Crippen molar-refractivity contribution in [2.75, 3.05) is 12.0 Å². The zero-order valence-electron chi connectivity index (χ0n) is 8.29. The zero-order valence-corrected chi connectivity index (χ0v) is 9.93. The number of aromatic nitrogens is 1. The molecule has 0 radical (unpaired) electrons. The second kappa shape index (κ2) is 4.86. The molecule has 1 aromatic rings. The van der Waals surface area contributed by atoms with Crippen LogP contribution in [0.25, 0.3) is 0 Å². The number of thioether (sulfide) groups is 1. The lowest BCUT2D eigenvalue weighted by atomic mass is 10.4. The van der Waals surface area contributed by atoms with Crippen molar-refractivity contribution in [1.29, 1.82) is 0 Å². The van der Waals surface area contributed by atoms with Gasteiger partial charge >= 0.3 is 4.87 Å². The molecule has 0 aliphatic heterocycles. The Morgan fingerprint density at radius 2 is 2.15 bits per heavy atom. The molecule has 4 heteroatoms. The minimum Gasteiger partial charge on any atom is -0.303 e. The molecule has 74 valence electrons. The summed E-state index contributed by atoms with van der Waals surface area (Å²) in [5.74, 6) is 1.13. The highest BCUT2D eigenvalue weighted by Crippen LogP contribution is 2.10. The zero-order chi connectivity index (χ0) is 9.84. The maximum absolute atomic E-state index is 11.4. The number of thiazole rings is 1. The lowest BCUT2D eigenvalue weighted by Gasteiger charge is -2.03. The van der Waals surface area contributed by atoms with Gasteiger partial charge < -0.3 is 4.57 Å². The fourth-order valence-electron chi connectivity index (χ4n) is 1.21. The fraction of sp³-hybridized carbons (Fsp3) is 0.667. The predicted octanol–water partition coefficient (Wildman–Crippen LogP) is 2.28. The maximum atomic E-state index is 11.4. The normalized spacial score (nSPS) is 10.7. The average molecular weight is 217 g/mol. The molecule has 0 spiro atoms. The van der Waals surface area contributed by atoms with E-state index >= 15 is 0 Å². The molecule has 0 bridgehead atoms. The van der Waals surface area contributed by atoms with Gasteiger partial charge in [-0.25, -0.2) is 0 Å². The standard InChI is InChI=1S/C9H15NOS2/c1-7-8(2)13-9(11)10(7)5-4-6-12-3/h4-6H2,1-3H3. The Bertz CT molecular complexity index is 327. The molecule has 0 N–H and O–H groups in total. The molecule has 0 aliphatic carbocycles. The Morgan fingerprint density at radius 3 is 2.62 bits per heavy atom. The second-order valence-electron chi connectivity index (χ2n) is 3.01. The first-order valence-electron chi connectivity index (χ1n) is 4.32.